The molecule has 0 aromatic carbocycles. The highest BCUT2D eigenvalue weighted by atomic mass is 15.3. The summed E-state index contributed by atoms with van der Waals surface area (Å²) < 4.78 is 1.83. The molecule has 3 heteroatoms. The van der Waals surface area contributed by atoms with Crippen molar-refractivity contribution in [3.05, 3.63) is 17.5 Å². The van der Waals surface area contributed by atoms with Crippen LogP contribution >= 0.6 is 0 Å². The average molecular weight is 162 g/mol. The minimum Gasteiger partial charge on any atom is -0.275 e. The predicted octanol–water partition coefficient (Wildman–Crippen LogP) is 1.77. The third-order valence-electron chi connectivity index (χ3n) is 1.92. The highest BCUT2D eigenvalue weighted by Crippen LogP contribution is 2.22. The topological polar surface area (TPSA) is 17.8 Å². The van der Waals surface area contributed by atoms with E-state index in [1.807, 2.05) is 24.9 Å². The number of rotatable bonds is 2. The average Bonchev–Trinajstić information content (AvgIpc) is 2.31. The second kappa shape index (κ2) is 3.34. The van der Waals surface area contributed by atoms with Crippen molar-refractivity contribution < 1.29 is 0 Å². The molecule has 1 rings (SSSR count). The van der Waals surface area contributed by atoms with Crippen molar-refractivity contribution in [1.29, 1.82) is 0 Å². The van der Waals surface area contributed by atoms with E-state index in [9.17, 15) is 0 Å². The number of aromatic nitrogens is 2. The molecule has 1 aromatic heterocycles. The van der Waals surface area contributed by atoms with Crippen LogP contribution in [0.15, 0.2) is 6.20 Å². The van der Waals surface area contributed by atoms with Crippen molar-refractivity contribution in [1.82, 2.24) is 9.78 Å². The molecule has 0 spiro atoms. The van der Waals surface area contributed by atoms with Crippen LogP contribution in [0.2, 0.25) is 0 Å². The Morgan fingerprint density at radius 3 is 2.33 bits per heavy atom. The molecule has 0 saturated carbocycles. The lowest BCUT2D eigenvalue weighted by atomic mass is 9.82. The minimum atomic E-state index is 0.0797. The Kier molecular flexibility index (Phi) is 2.60. The van der Waals surface area contributed by atoms with Gasteiger partial charge in [0.25, 0.3) is 0 Å². The molecule has 0 aliphatic carbocycles. The van der Waals surface area contributed by atoms with Crippen LogP contribution in [0, 0.1) is 0 Å². The van der Waals surface area contributed by atoms with Gasteiger partial charge in [-0.2, -0.15) is 5.10 Å². The Morgan fingerprint density at radius 1 is 1.42 bits per heavy atom. The number of hydrogen-bond acceptors (Lipinski definition) is 1. The maximum Gasteiger partial charge on any atom is 0.0761 e. The first-order valence-corrected chi connectivity index (χ1v) is 4.31. The summed E-state index contributed by atoms with van der Waals surface area (Å²) in [5.74, 6) is 0.531. The Morgan fingerprint density at radius 2 is 2.00 bits per heavy atom. The van der Waals surface area contributed by atoms with Crippen LogP contribution in [-0.2, 0) is 7.05 Å². The quantitative estimate of drug-likeness (QED) is 0.606. The fourth-order valence-electron chi connectivity index (χ4n) is 1.32. The van der Waals surface area contributed by atoms with E-state index in [2.05, 4.69) is 18.9 Å². The van der Waals surface area contributed by atoms with E-state index in [-0.39, 0.29) is 5.82 Å². The molecule has 0 fully saturated rings. The molecule has 1 heterocycles. The maximum atomic E-state index is 5.81. The SMILES string of the molecule is [B]C(C)c1cn(C)nc1C(C)C. The van der Waals surface area contributed by atoms with Crippen molar-refractivity contribution in [2.24, 2.45) is 7.05 Å². The summed E-state index contributed by atoms with van der Waals surface area (Å²) in [6.07, 6.45) is 2.00. The summed E-state index contributed by atoms with van der Waals surface area (Å²) in [5, 5.41) is 4.37. The molecule has 64 valence electrons. The molecule has 1 aromatic rings. The number of nitrogens with zero attached hydrogens (tertiary/aromatic N) is 2. The van der Waals surface area contributed by atoms with Gasteiger partial charge >= 0.3 is 0 Å². The fourth-order valence-corrected chi connectivity index (χ4v) is 1.32. The van der Waals surface area contributed by atoms with Crippen molar-refractivity contribution in [3.63, 3.8) is 0 Å². The van der Waals surface area contributed by atoms with Gasteiger partial charge < -0.3 is 0 Å². The van der Waals surface area contributed by atoms with Gasteiger partial charge in [-0.25, -0.2) is 0 Å². The third kappa shape index (κ3) is 1.71. The lowest BCUT2D eigenvalue weighted by Gasteiger charge is -2.07. The molecule has 12 heavy (non-hydrogen) atoms. The van der Waals surface area contributed by atoms with Crippen molar-refractivity contribution >= 4 is 7.85 Å². The van der Waals surface area contributed by atoms with Gasteiger partial charge in [0.1, 0.15) is 0 Å². The van der Waals surface area contributed by atoms with Crippen LogP contribution in [0.25, 0.3) is 0 Å². The van der Waals surface area contributed by atoms with E-state index < -0.39 is 0 Å². The van der Waals surface area contributed by atoms with Crippen molar-refractivity contribution in [3.8, 4) is 0 Å². The van der Waals surface area contributed by atoms with E-state index >= 15 is 0 Å². The summed E-state index contributed by atoms with van der Waals surface area (Å²) in [7, 11) is 7.74. The molecule has 0 amide bonds. The maximum absolute atomic E-state index is 5.81. The zero-order valence-corrected chi connectivity index (χ0v) is 8.20. The second-order valence-corrected chi connectivity index (χ2v) is 3.59. The minimum absolute atomic E-state index is 0.0797. The summed E-state index contributed by atoms with van der Waals surface area (Å²) >= 11 is 0. The first-order chi connectivity index (χ1) is 5.52. The standard InChI is InChI=1S/C9H15BN2/c1-6(2)9-8(7(3)10)5-12(4)11-9/h5-7H,1-4H3. The molecular formula is C9H15BN2. The number of hydrogen-bond donors (Lipinski definition) is 0. The first kappa shape index (κ1) is 9.36. The molecule has 2 nitrogen and oxygen atoms in total. The van der Waals surface area contributed by atoms with Crippen LogP contribution in [0.1, 0.15) is 43.8 Å². The van der Waals surface area contributed by atoms with Crippen LogP contribution in [0.3, 0.4) is 0 Å². The van der Waals surface area contributed by atoms with Gasteiger partial charge in [-0.05, 0) is 11.5 Å². The molecule has 0 bridgehead atoms. The molecule has 0 aliphatic heterocycles. The predicted molar refractivity (Wildman–Crippen MR) is 51.5 cm³/mol. The molecule has 1 unspecified atom stereocenters. The van der Waals surface area contributed by atoms with Crippen molar-refractivity contribution in [2.75, 3.05) is 0 Å². The zero-order chi connectivity index (χ0) is 9.30. The van der Waals surface area contributed by atoms with E-state index in [0.29, 0.717) is 5.92 Å². The van der Waals surface area contributed by atoms with Gasteiger partial charge in [0.2, 0.25) is 0 Å². The van der Waals surface area contributed by atoms with E-state index in [0.717, 1.165) is 11.3 Å². The van der Waals surface area contributed by atoms with Gasteiger partial charge in [0, 0.05) is 13.2 Å². The second-order valence-electron chi connectivity index (χ2n) is 3.59. The molecule has 1 atom stereocenters. The zero-order valence-electron chi connectivity index (χ0n) is 8.20. The highest BCUT2D eigenvalue weighted by molar-refractivity contribution is 6.12. The summed E-state index contributed by atoms with van der Waals surface area (Å²) in [5.41, 5.74) is 2.28. The fraction of sp³-hybridized carbons (Fsp3) is 0.667. The van der Waals surface area contributed by atoms with Gasteiger partial charge in [0.15, 0.2) is 0 Å². The Hall–Kier alpha value is -0.725. The molecule has 0 N–H and O–H groups in total. The number of aryl methyl sites for hydroxylation is 1. The van der Waals surface area contributed by atoms with E-state index in [4.69, 9.17) is 7.85 Å². The highest BCUT2D eigenvalue weighted by Gasteiger charge is 2.12. The summed E-state index contributed by atoms with van der Waals surface area (Å²) in [6, 6.07) is 0. The van der Waals surface area contributed by atoms with Crippen LogP contribution in [-0.4, -0.2) is 17.6 Å². The lowest BCUT2D eigenvalue weighted by molar-refractivity contribution is 0.711. The van der Waals surface area contributed by atoms with Crippen LogP contribution < -0.4 is 0 Å². The Bertz CT molecular complexity index is 238. The lowest BCUT2D eigenvalue weighted by Crippen LogP contribution is -1.98. The monoisotopic (exact) mass is 162 g/mol. The van der Waals surface area contributed by atoms with Crippen molar-refractivity contribution in [2.45, 2.75) is 32.5 Å². The van der Waals surface area contributed by atoms with Gasteiger partial charge in [-0.3, -0.25) is 4.68 Å². The molecule has 2 radical (unpaired) electrons. The van der Waals surface area contributed by atoms with E-state index in [1.54, 1.807) is 0 Å². The molecule has 0 aliphatic rings. The van der Waals surface area contributed by atoms with Gasteiger partial charge in [-0.1, -0.05) is 26.6 Å². The third-order valence-corrected chi connectivity index (χ3v) is 1.92. The van der Waals surface area contributed by atoms with Gasteiger partial charge in [-0.15, -0.1) is 0 Å². The Balaban J connectivity index is 3.08. The normalized spacial score (nSPS) is 13.8. The summed E-state index contributed by atoms with van der Waals surface area (Å²) in [6.45, 7) is 6.26. The Labute approximate surface area is 75.4 Å². The van der Waals surface area contributed by atoms with Crippen LogP contribution in [0.5, 0.6) is 0 Å². The van der Waals surface area contributed by atoms with Crippen LogP contribution in [0.4, 0.5) is 0 Å². The van der Waals surface area contributed by atoms with E-state index in [1.165, 1.54) is 0 Å². The first-order valence-electron chi connectivity index (χ1n) is 4.31. The summed E-state index contributed by atoms with van der Waals surface area (Å²) in [4.78, 5) is 0. The molecule has 0 saturated heterocycles. The largest absolute Gasteiger partial charge is 0.275 e. The molecular weight excluding hydrogens is 147 g/mol. The van der Waals surface area contributed by atoms with Gasteiger partial charge in [0.05, 0.1) is 13.5 Å². The smallest absolute Gasteiger partial charge is 0.0761 e.